The van der Waals surface area contributed by atoms with Crippen LogP contribution in [0.2, 0.25) is 0 Å². The van der Waals surface area contributed by atoms with Gasteiger partial charge in [0.25, 0.3) is 0 Å². The Morgan fingerprint density at radius 1 is 1.11 bits per heavy atom. The van der Waals surface area contributed by atoms with E-state index in [2.05, 4.69) is 21.9 Å². The molecule has 0 aliphatic carbocycles. The number of hydrogen-bond donors (Lipinski definition) is 2. The molecule has 6 nitrogen and oxygen atoms in total. The van der Waals surface area contributed by atoms with E-state index in [1.807, 2.05) is 44.2 Å². The molecule has 0 bridgehead atoms. The first-order valence-electron chi connectivity index (χ1n) is 8.33. The number of anilines is 1. The second-order valence-corrected chi connectivity index (χ2v) is 5.96. The van der Waals surface area contributed by atoms with E-state index in [1.165, 1.54) is 6.21 Å². The van der Waals surface area contributed by atoms with E-state index >= 15 is 0 Å². The smallest absolute Gasteiger partial charge is 0.339 e. The summed E-state index contributed by atoms with van der Waals surface area (Å²) in [6.45, 7) is 3.93. The summed E-state index contributed by atoms with van der Waals surface area (Å²) in [4.78, 5) is 12.0. The number of carbonyl (C=O) groups excluding carboxylic acids is 1. The van der Waals surface area contributed by atoms with Crippen LogP contribution in [0, 0.1) is 25.2 Å². The number of carbonyl (C=O) groups is 1. The third kappa shape index (κ3) is 4.41. The molecule has 0 saturated heterocycles. The number of hydrazone groups is 1. The summed E-state index contributed by atoms with van der Waals surface area (Å²) in [5, 5.41) is 15.5. The first-order chi connectivity index (χ1) is 13.1. The molecule has 0 aliphatic heterocycles. The first kappa shape index (κ1) is 18.0. The van der Waals surface area contributed by atoms with Gasteiger partial charge in [-0.15, -0.1) is 0 Å². The predicted octanol–water partition coefficient (Wildman–Crippen LogP) is 4.59. The van der Waals surface area contributed by atoms with Crippen molar-refractivity contribution in [2.45, 2.75) is 13.8 Å². The Morgan fingerprint density at radius 3 is 2.63 bits per heavy atom. The molecule has 134 valence electrons. The number of nitrogens with zero attached hydrogens (tertiary/aromatic N) is 2. The molecular formula is C21H18N4O2. The molecule has 0 saturated carbocycles. The normalized spacial score (nSPS) is 10.6. The van der Waals surface area contributed by atoms with Gasteiger partial charge in [-0.2, -0.15) is 10.4 Å². The zero-order valence-corrected chi connectivity index (χ0v) is 15.0. The lowest BCUT2D eigenvalue weighted by Crippen LogP contribution is -2.24. The van der Waals surface area contributed by atoms with Crippen molar-refractivity contribution in [3.63, 3.8) is 0 Å². The van der Waals surface area contributed by atoms with Crippen LogP contribution in [0.1, 0.15) is 22.5 Å². The Morgan fingerprint density at radius 2 is 1.89 bits per heavy atom. The highest BCUT2D eigenvalue weighted by Crippen LogP contribution is 2.22. The van der Waals surface area contributed by atoms with E-state index in [1.54, 1.807) is 24.3 Å². The van der Waals surface area contributed by atoms with Crippen molar-refractivity contribution in [3.05, 3.63) is 77.0 Å². The minimum absolute atomic E-state index is 0.432. The van der Waals surface area contributed by atoms with Gasteiger partial charge in [0.05, 0.1) is 17.8 Å². The molecule has 0 spiro atoms. The maximum atomic E-state index is 12.0. The van der Waals surface area contributed by atoms with Crippen molar-refractivity contribution in [2.24, 2.45) is 5.10 Å². The quantitative estimate of drug-likeness (QED) is 0.528. The molecule has 0 atom stereocenters. The first-order valence-corrected chi connectivity index (χ1v) is 8.33. The van der Waals surface area contributed by atoms with Gasteiger partial charge >= 0.3 is 6.03 Å². The van der Waals surface area contributed by atoms with Gasteiger partial charge in [-0.05, 0) is 67.4 Å². The van der Waals surface area contributed by atoms with Crippen LogP contribution in [0.3, 0.4) is 0 Å². The van der Waals surface area contributed by atoms with Gasteiger partial charge in [-0.25, -0.2) is 10.2 Å². The summed E-state index contributed by atoms with van der Waals surface area (Å²) < 4.78 is 5.67. The van der Waals surface area contributed by atoms with Gasteiger partial charge in [0.15, 0.2) is 0 Å². The van der Waals surface area contributed by atoms with Crippen LogP contribution in [0.5, 0.6) is 0 Å². The molecule has 2 N–H and O–H groups in total. The molecule has 0 unspecified atom stereocenters. The number of urea groups is 1. The van der Waals surface area contributed by atoms with E-state index in [0.29, 0.717) is 17.1 Å². The molecule has 0 fully saturated rings. The summed E-state index contributed by atoms with van der Waals surface area (Å²) in [7, 11) is 0. The van der Waals surface area contributed by atoms with Crippen molar-refractivity contribution in [1.82, 2.24) is 5.43 Å². The zero-order chi connectivity index (χ0) is 19.2. The Bertz CT molecular complexity index is 1030. The number of furan rings is 1. The highest BCUT2D eigenvalue weighted by Gasteiger charge is 2.06. The predicted molar refractivity (Wildman–Crippen MR) is 105 cm³/mol. The van der Waals surface area contributed by atoms with E-state index in [9.17, 15) is 4.79 Å². The van der Waals surface area contributed by atoms with Crippen LogP contribution in [-0.4, -0.2) is 12.2 Å². The number of nitriles is 1. The third-order valence-electron chi connectivity index (χ3n) is 4.14. The monoisotopic (exact) mass is 358 g/mol. The highest BCUT2D eigenvalue weighted by atomic mass is 16.3. The maximum absolute atomic E-state index is 12.0. The lowest BCUT2D eigenvalue weighted by Gasteiger charge is -2.09. The number of hydrogen-bond acceptors (Lipinski definition) is 4. The average molecular weight is 358 g/mol. The minimum atomic E-state index is -0.432. The summed E-state index contributed by atoms with van der Waals surface area (Å²) in [5.74, 6) is 1.15. The highest BCUT2D eigenvalue weighted by molar-refractivity contribution is 5.91. The Kier molecular flexibility index (Phi) is 5.33. The second kappa shape index (κ2) is 8.02. The van der Waals surface area contributed by atoms with Gasteiger partial charge in [0, 0.05) is 11.3 Å². The van der Waals surface area contributed by atoms with Crippen LogP contribution in [-0.2, 0) is 0 Å². The number of rotatable bonds is 4. The maximum Gasteiger partial charge on any atom is 0.339 e. The van der Waals surface area contributed by atoms with Crippen LogP contribution in [0.25, 0.3) is 11.3 Å². The van der Waals surface area contributed by atoms with Crippen molar-refractivity contribution in [1.29, 1.82) is 5.26 Å². The van der Waals surface area contributed by atoms with Crippen molar-refractivity contribution < 1.29 is 9.21 Å². The average Bonchev–Trinajstić information content (AvgIpc) is 3.14. The van der Waals surface area contributed by atoms with E-state index in [4.69, 9.17) is 9.68 Å². The number of aryl methyl sites for hydroxylation is 1. The topological polar surface area (TPSA) is 90.4 Å². The molecule has 27 heavy (non-hydrogen) atoms. The van der Waals surface area contributed by atoms with Gasteiger partial charge in [0.1, 0.15) is 11.5 Å². The molecule has 6 heteroatoms. The fourth-order valence-corrected chi connectivity index (χ4v) is 2.48. The standard InChI is InChI=1S/C21H18N4O2/c1-14-4-3-5-19(15(14)2)24-21(26)25-23-13-18-10-11-20(27-18)17-8-6-16(12-22)7-9-17/h3-11,13H,1-2H3,(H2,24,25,26)/b23-13+. The SMILES string of the molecule is Cc1cccc(NC(=O)N/N=C/c2ccc(-c3ccc(C#N)cc3)o2)c1C. The Balaban J connectivity index is 1.60. The van der Waals surface area contributed by atoms with Crippen LogP contribution in [0.4, 0.5) is 10.5 Å². The lowest BCUT2D eigenvalue weighted by atomic mass is 10.1. The summed E-state index contributed by atoms with van der Waals surface area (Å²) in [6, 6.07) is 18.0. The summed E-state index contributed by atoms with van der Waals surface area (Å²) >= 11 is 0. The van der Waals surface area contributed by atoms with Crippen LogP contribution >= 0.6 is 0 Å². The van der Waals surface area contributed by atoms with Gasteiger partial charge < -0.3 is 9.73 Å². The molecule has 2 amide bonds. The second-order valence-electron chi connectivity index (χ2n) is 5.96. The molecule has 0 radical (unpaired) electrons. The number of benzene rings is 2. The lowest BCUT2D eigenvalue weighted by molar-refractivity contribution is 0.252. The zero-order valence-electron chi connectivity index (χ0n) is 15.0. The molecule has 1 heterocycles. The van der Waals surface area contributed by atoms with Gasteiger partial charge in [-0.3, -0.25) is 0 Å². The van der Waals surface area contributed by atoms with E-state index in [-0.39, 0.29) is 0 Å². The summed E-state index contributed by atoms with van der Waals surface area (Å²) in [6.07, 6.45) is 1.43. The van der Waals surface area contributed by atoms with Crippen LogP contribution in [0.15, 0.2) is 64.1 Å². The van der Waals surface area contributed by atoms with Crippen molar-refractivity contribution in [3.8, 4) is 17.4 Å². The molecule has 0 aliphatic rings. The molecular weight excluding hydrogens is 340 g/mol. The Hall–Kier alpha value is -3.85. The fraction of sp³-hybridized carbons (Fsp3) is 0.0952. The number of amides is 2. The largest absolute Gasteiger partial charge is 0.455 e. The molecule has 2 aromatic carbocycles. The van der Waals surface area contributed by atoms with Gasteiger partial charge in [-0.1, -0.05) is 12.1 Å². The molecule has 1 aromatic heterocycles. The minimum Gasteiger partial charge on any atom is -0.455 e. The van der Waals surface area contributed by atoms with Gasteiger partial charge in [0.2, 0.25) is 0 Å². The summed E-state index contributed by atoms with van der Waals surface area (Å²) in [5.41, 5.74) is 6.71. The van der Waals surface area contributed by atoms with Crippen molar-refractivity contribution in [2.75, 3.05) is 5.32 Å². The van der Waals surface area contributed by atoms with E-state index in [0.717, 1.165) is 22.4 Å². The molecule has 3 rings (SSSR count). The number of nitrogens with one attached hydrogen (secondary N) is 2. The third-order valence-corrected chi connectivity index (χ3v) is 4.14. The Labute approximate surface area is 157 Å². The molecule has 3 aromatic rings. The van der Waals surface area contributed by atoms with E-state index < -0.39 is 6.03 Å². The fourth-order valence-electron chi connectivity index (χ4n) is 2.48. The van der Waals surface area contributed by atoms with Crippen LogP contribution < -0.4 is 10.7 Å². The van der Waals surface area contributed by atoms with Crippen molar-refractivity contribution >= 4 is 17.9 Å².